The smallest absolute Gasteiger partial charge is 0.194 e. The van der Waals surface area contributed by atoms with E-state index in [0.717, 1.165) is 0 Å². The van der Waals surface area contributed by atoms with Crippen molar-refractivity contribution in [1.82, 2.24) is 0 Å². The first kappa shape index (κ1) is 13.4. The number of halogens is 1. The minimum absolute atomic E-state index is 0.164. The number of carbonyl (C=O) groups is 1. The van der Waals surface area contributed by atoms with Gasteiger partial charge in [-0.3, -0.25) is 4.79 Å². The zero-order chi connectivity index (χ0) is 13.8. The minimum atomic E-state index is -0.164. The molecule has 0 fully saturated rings. The van der Waals surface area contributed by atoms with Crippen LogP contribution in [0.25, 0.3) is 0 Å². The van der Waals surface area contributed by atoms with E-state index >= 15 is 0 Å². The lowest BCUT2D eigenvalue weighted by Crippen LogP contribution is -2.03. The summed E-state index contributed by atoms with van der Waals surface area (Å²) in [6, 6.07) is 12.0. The van der Waals surface area contributed by atoms with Crippen molar-refractivity contribution in [1.29, 1.82) is 0 Å². The second kappa shape index (κ2) is 5.76. The molecule has 19 heavy (non-hydrogen) atoms. The van der Waals surface area contributed by atoms with Gasteiger partial charge in [-0.1, -0.05) is 23.7 Å². The molecule has 0 aliphatic rings. The molecule has 2 aromatic carbocycles. The number of ketones is 1. The topological polar surface area (TPSA) is 35.5 Å². The van der Waals surface area contributed by atoms with Crippen molar-refractivity contribution >= 4 is 17.4 Å². The Morgan fingerprint density at radius 2 is 1.58 bits per heavy atom. The van der Waals surface area contributed by atoms with Crippen molar-refractivity contribution < 1.29 is 14.3 Å². The molecule has 0 spiro atoms. The molecule has 0 radical (unpaired) electrons. The van der Waals surface area contributed by atoms with E-state index in [9.17, 15) is 4.79 Å². The normalized spacial score (nSPS) is 10.1. The van der Waals surface area contributed by atoms with E-state index in [4.69, 9.17) is 21.1 Å². The van der Waals surface area contributed by atoms with Gasteiger partial charge in [0.2, 0.25) is 0 Å². The van der Waals surface area contributed by atoms with Crippen molar-refractivity contribution in [2.75, 3.05) is 14.2 Å². The Morgan fingerprint density at radius 1 is 1.00 bits per heavy atom. The van der Waals surface area contributed by atoms with Gasteiger partial charge in [-0.05, 0) is 24.3 Å². The Hall–Kier alpha value is -2.00. The third kappa shape index (κ3) is 2.88. The van der Waals surface area contributed by atoms with Crippen LogP contribution < -0.4 is 9.47 Å². The molecule has 0 heterocycles. The van der Waals surface area contributed by atoms with Crippen LogP contribution in [0.4, 0.5) is 0 Å². The van der Waals surface area contributed by atoms with Crippen LogP contribution in [-0.2, 0) is 0 Å². The molecule has 0 aromatic heterocycles. The van der Waals surface area contributed by atoms with Crippen molar-refractivity contribution in [3.05, 3.63) is 58.6 Å². The molecule has 3 nitrogen and oxygen atoms in total. The van der Waals surface area contributed by atoms with Crippen LogP contribution in [0.15, 0.2) is 42.5 Å². The summed E-state index contributed by atoms with van der Waals surface area (Å²) < 4.78 is 10.3. The number of benzene rings is 2. The zero-order valence-electron chi connectivity index (χ0n) is 10.6. The van der Waals surface area contributed by atoms with E-state index in [1.165, 1.54) is 0 Å². The second-order valence-electron chi connectivity index (χ2n) is 3.91. The highest BCUT2D eigenvalue weighted by molar-refractivity contribution is 6.35. The molecule has 0 amide bonds. The molecular formula is C15H13ClO3. The first-order valence-electron chi connectivity index (χ1n) is 5.68. The molecule has 0 N–H and O–H groups in total. The van der Waals surface area contributed by atoms with Crippen LogP contribution in [0.1, 0.15) is 15.9 Å². The van der Waals surface area contributed by atoms with E-state index in [0.29, 0.717) is 27.6 Å². The van der Waals surface area contributed by atoms with Crippen molar-refractivity contribution in [3.8, 4) is 11.5 Å². The van der Waals surface area contributed by atoms with Crippen LogP contribution in [0.5, 0.6) is 11.5 Å². The van der Waals surface area contributed by atoms with Crippen LogP contribution in [-0.4, -0.2) is 20.0 Å². The van der Waals surface area contributed by atoms with Crippen LogP contribution in [0.3, 0.4) is 0 Å². The SMILES string of the molecule is COc1cc(OC)cc(C(=O)c2ccccc2Cl)c1. The summed E-state index contributed by atoms with van der Waals surface area (Å²) in [4.78, 5) is 12.4. The summed E-state index contributed by atoms with van der Waals surface area (Å²) in [5.41, 5.74) is 0.934. The monoisotopic (exact) mass is 276 g/mol. The quantitative estimate of drug-likeness (QED) is 0.801. The molecule has 4 heteroatoms. The summed E-state index contributed by atoms with van der Waals surface area (Å²) in [6.45, 7) is 0. The highest BCUT2D eigenvalue weighted by Gasteiger charge is 2.14. The Kier molecular flexibility index (Phi) is 4.07. The maximum atomic E-state index is 12.4. The molecule has 0 unspecified atom stereocenters. The Morgan fingerprint density at radius 3 is 2.11 bits per heavy atom. The van der Waals surface area contributed by atoms with Gasteiger partial charge in [-0.25, -0.2) is 0 Å². The predicted molar refractivity (Wildman–Crippen MR) is 74.4 cm³/mol. The third-order valence-electron chi connectivity index (χ3n) is 2.73. The Labute approximate surface area is 116 Å². The van der Waals surface area contributed by atoms with Gasteiger partial charge >= 0.3 is 0 Å². The van der Waals surface area contributed by atoms with Gasteiger partial charge in [0.25, 0.3) is 0 Å². The van der Waals surface area contributed by atoms with Crippen LogP contribution in [0.2, 0.25) is 5.02 Å². The summed E-state index contributed by atoms with van der Waals surface area (Å²) in [6.07, 6.45) is 0. The summed E-state index contributed by atoms with van der Waals surface area (Å²) in [5.74, 6) is 0.965. The number of rotatable bonds is 4. The highest BCUT2D eigenvalue weighted by Crippen LogP contribution is 2.26. The first-order chi connectivity index (χ1) is 9.15. The number of ether oxygens (including phenoxy) is 2. The lowest BCUT2D eigenvalue weighted by atomic mass is 10.0. The van der Waals surface area contributed by atoms with E-state index in [-0.39, 0.29) is 5.78 Å². The molecule has 2 rings (SSSR count). The van der Waals surface area contributed by atoms with Gasteiger partial charge in [0.1, 0.15) is 11.5 Å². The zero-order valence-corrected chi connectivity index (χ0v) is 11.4. The fourth-order valence-corrected chi connectivity index (χ4v) is 1.96. The number of methoxy groups -OCH3 is 2. The average Bonchev–Trinajstić information content (AvgIpc) is 2.46. The molecule has 0 saturated carbocycles. The van der Waals surface area contributed by atoms with Gasteiger partial charge in [0.05, 0.1) is 19.2 Å². The third-order valence-corrected chi connectivity index (χ3v) is 3.06. The van der Waals surface area contributed by atoms with Gasteiger partial charge in [-0.15, -0.1) is 0 Å². The van der Waals surface area contributed by atoms with Crippen LogP contribution >= 0.6 is 11.6 Å². The maximum Gasteiger partial charge on any atom is 0.194 e. The molecular weight excluding hydrogens is 264 g/mol. The van der Waals surface area contributed by atoms with Gasteiger partial charge < -0.3 is 9.47 Å². The van der Waals surface area contributed by atoms with Gasteiger partial charge in [0.15, 0.2) is 5.78 Å². The predicted octanol–water partition coefficient (Wildman–Crippen LogP) is 3.59. The number of hydrogen-bond donors (Lipinski definition) is 0. The highest BCUT2D eigenvalue weighted by atomic mass is 35.5. The summed E-state index contributed by atoms with van der Waals surface area (Å²) >= 11 is 6.03. The number of carbonyl (C=O) groups excluding carboxylic acids is 1. The summed E-state index contributed by atoms with van der Waals surface area (Å²) in [5, 5.41) is 0.425. The molecule has 98 valence electrons. The summed E-state index contributed by atoms with van der Waals surface area (Å²) in [7, 11) is 3.08. The van der Waals surface area contributed by atoms with Gasteiger partial charge in [-0.2, -0.15) is 0 Å². The number of hydrogen-bond acceptors (Lipinski definition) is 3. The standard InChI is InChI=1S/C15H13ClO3/c1-18-11-7-10(8-12(9-11)19-2)15(17)13-5-3-4-6-14(13)16/h3-9H,1-2H3. The molecule has 2 aromatic rings. The Bertz CT molecular complexity index is 586. The lowest BCUT2D eigenvalue weighted by Gasteiger charge is -2.08. The van der Waals surface area contributed by atoms with E-state index in [2.05, 4.69) is 0 Å². The fourth-order valence-electron chi connectivity index (χ4n) is 1.74. The van der Waals surface area contributed by atoms with E-state index in [1.54, 1.807) is 56.7 Å². The first-order valence-corrected chi connectivity index (χ1v) is 6.06. The van der Waals surface area contributed by atoms with Gasteiger partial charge in [0, 0.05) is 17.2 Å². The maximum absolute atomic E-state index is 12.4. The molecule has 0 atom stereocenters. The molecule has 0 aliphatic carbocycles. The molecule has 0 bridgehead atoms. The average molecular weight is 277 g/mol. The minimum Gasteiger partial charge on any atom is -0.497 e. The molecule has 0 saturated heterocycles. The second-order valence-corrected chi connectivity index (χ2v) is 4.32. The largest absolute Gasteiger partial charge is 0.497 e. The van der Waals surface area contributed by atoms with E-state index < -0.39 is 0 Å². The van der Waals surface area contributed by atoms with Crippen molar-refractivity contribution in [2.45, 2.75) is 0 Å². The van der Waals surface area contributed by atoms with E-state index in [1.807, 2.05) is 0 Å². The fraction of sp³-hybridized carbons (Fsp3) is 0.133. The lowest BCUT2D eigenvalue weighted by molar-refractivity contribution is 0.103. The molecule has 0 aliphatic heterocycles. The van der Waals surface area contributed by atoms with Crippen LogP contribution in [0, 0.1) is 0 Å². The Balaban J connectivity index is 2.47. The van der Waals surface area contributed by atoms with Crippen molar-refractivity contribution in [3.63, 3.8) is 0 Å². The van der Waals surface area contributed by atoms with Crippen molar-refractivity contribution in [2.24, 2.45) is 0 Å².